The van der Waals surface area contributed by atoms with Crippen LogP contribution < -0.4 is 17.2 Å². The van der Waals surface area contributed by atoms with Crippen molar-refractivity contribution in [3.63, 3.8) is 0 Å². The maximum absolute atomic E-state index is 9.72. The number of hydrogen-bond acceptors (Lipinski definition) is 15. The normalized spacial score (nSPS) is 11.8. The minimum atomic E-state index is -0.954. The molecular weight excluding hydrogens is 420 g/mol. The van der Waals surface area contributed by atoms with Crippen LogP contribution >= 0.6 is 0 Å². The Bertz CT molecular complexity index is 484. The average molecular weight is 456 g/mol. The summed E-state index contributed by atoms with van der Waals surface area (Å²) in [6.45, 7) is 2.97. The molecule has 11 N–H and O–H groups in total. The number of carbonyl (C=O) groups excluding carboxylic acids is 1. The van der Waals surface area contributed by atoms with Crippen molar-refractivity contribution < 1.29 is 44.5 Å². The Hall–Kier alpha value is -2.24. The Kier molecular flexibility index (Phi) is 24.2. The summed E-state index contributed by atoms with van der Waals surface area (Å²) in [7, 11) is 2.81. The van der Waals surface area contributed by atoms with Gasteiger partial charge in [0, 0.05) is 14.2 Å². The number of methoxy groups -OCH3 is 2. The van der Waals surface area contributed by atoms with Gasteiger partial charge < -0.3 is 56.9 Å². The molecule has 2 unspecified atom stereocenters. The van der Waals surface area contributed by atoms with Crippen molar-refractivity contribution in [1.29, 1.82) is 0 Å². The van der Waals surface area contributed by atoms with Gasteiger partial charge in [0.1, 0.15) is 6.10 Å². The summed E-state index contributed by atoms with van der Waals surface area (Å²) in [5.41, 5.74) is 15.4. The Morgan fingerprint density at radius 1 is 0.871 bits per heavy atom. The first-order valence-corrected chi connectivity index (χ1v) is 8.84. The zero-order valence-corrected chi connectivity index (χ0v) is 18.2. The van der Waals surface area contributed by atoms with Gasteiger partial charge in [-0.25, -0.2) is 0 Å². The fourth-order valence-electron chi connectivity index (χ4n) is 1.05. The monoisotopic (exact) mass is 456 g/mol. The third kappa shape index (κ3) is 25.7. The molecule has 15 heteroatoms. The molecule has 0 amide bonds. The van der Waals surface area contributed by atoms with Crippen LogP contribution in [0, 0.1) is 0 Å². The van der Waals surface area contributed by atoms with E-state index >= 15 is 0 Å². The molecule has 0 radical (unpaired) electrons. The van der Waals surface area contributed by atoms with Gasteiger partial charge >= 0.3 is 0 Å². The number of carbonyl (C=O) groups is 1. The summed E-state index contributed by atoms with van der Waals surface area (Å²) < 4.78 is 13.9. The van der Waals surface area contributed by atoms with E-state index in [-0.39, 0.29) is 43.8 Å². The SMILES string of the molecule is CC(O)COC(C)CO.COC(C=O)OC.Nc1nc(N)nc(N)n1.OCC(O)CO. The highest BCUT2D eigenvalue weighted by atomic mass is 16.7. The average Bonchev–Trinajstić information content (AvgIpc) is 2.73. The van der Waals surface area contributed by atoms with Crippen molar-refractivity contribution in [3.8, 4) is 0 Å². The lowest BCUT2D eigenvalue weighted by molar-refractivity contribution is -0.143. The van der Waals surface area contributed by atoms with E-state index in [9.17, 15) is 4.79 Å². The van der Waals surface area contributed by atoms with E-state index in [4.69, 9.17) is 47.5 Å². The molecule has 0 bridgehead atoms. The highest BCUT2D eigenvalue weighted by Gasteiger charge is 2.01. The number of aliphatic hydroxyl groups excluding tert-OH is 5. The third-order valence-electron chi connectivity index (χ3n) is 2.56. The van der Waals surface area contributed by atoms with Gasteiger partial charge in [0.05, 0.1) is 38.6 Å². The van der Waals surface area contributed by atoms with Gasteiger partial charge in [-0.1, -0.05) is 0 Å². The highest BCUT2D eigenvalue weighted by molar-refractivity contribution is 5.53. The van der Waals surface area contributed by atoms with Crippen LogP contribution in [-0.2, 0) is 19.0 Å². The van der Waals surface area contributed by atoms with Crippen molar-refractivity contribution in [1.82, 2.24) is 15.0 Å². The summed E-state index contributed by atoms with van der Waals surface area (Å²) in [4.78, 5) is 20.2. The van der Waals surface area contributed by atoms with Crippen LogP contribution in [0.15, 0.2) is 0 Å². The van der Waals surface area contributed by atoms with Crippen molar-refractivity contribution in [2.75, 3.05) is 57.8 Å². The molecule has 1 rings (SSSR count). The summed E-state index contributed by atoms with van der Waals surface area (Å²) in [5.74, 6) is 0.125. The van der Waals surface area contributed by atoms with E-state index < -0.39 is 18.5 Å². The zero-order valence-electron chi connectivity index (χ0n) is 18.2. The van der Waals surface area contributed by atoms with Crippen molar-refractivity contribution >= 4 is 24.1 Å². The number of nitrogen functional groups attached to an aromatic ring is 3. The first kappa shape index (κ1) is 33.4. The van der Waals surface area contributed by atoms with E-state index in [0.717, 1.165) is 0 Å². The van der Waals surface area contributed by atoms with Crippen molar-refractivity contribution in [2.45, 2.75) is 38.4 Å². The summed E-state index contributed by atoms with van der Waals surface area (Å²) >= 11 is 0. The van der Waals surface area contributed by atoms with Gasteiger partial charge in [0.25, 0.3) is 0 Å². The lowest BCUT2D eigenvalue weighted by Crippen LogP contribution is -2.19. The molecule has 0 aliphatic rings. The number of aliphatic hydroxyl groups is 5. The van der Waals surface area contributed by atoms with Crippen LogP contribution in [0.5, 0.6) is 0 Å². The molecule has 0 aromatic carbocycles. The summed E-state index contributed by atoms with van der Waals surface area (Å²) in [5, 5.41) is 41.1. The number of rotatable bonds is 9. The Morgan fingerprint density at radius 3 is 1.42 bits per heavy atom. The van der Waals surface area contributed by atoms with Crippen LogP contribution in [0.3, 0.4) is 0 Å². The van der Waals surface area contributed by atoms with E-state index in [1.54, 1.807) is 13.8 Å². The van der Waals surface area contributed by atoms with E-state index in [2.05, 4.69) is 24.4 Å². The molecule has 15 nitrogen and oxygen atoms in total. The van der Waals surface area contributed by atoms with Crippen LogP contribution in [0.2, 0.25) is 0 Å². The topological polar surface area (TPSA) is 263 Å². The molecule has 0 aliphatic heterocycles. The molecule has 1 aromatic rings. The molecule has 0 saturated carbocycles. The molecule has 184 valence electrons. The number of ether oxygens (including phenoxy) is 3. The highest BCUT2D eigenvalue weighted by Crippen LogP contribution is 1.97. The van der Waals surface area contributed by atoms with E-state index in [1.807, 2.05) is 0 Å². The minimum Gasteiger partial charge on any atom is -0.394 e. The Labute approximate surface area is 180 Å². The first-order valence-electron chi connectivity index (χ1n) is 8.84. The van der Waals surface area contributed by atoms with Gasteiger partial charge in [-0.3, -0.25) is 4.79 Å². The van der Waals surface area contributed by atoms with E-state index in [1.165, 1.54) is 14.2 Å². The largest absolute Gasteiger partial charge is 0.394 e. The number of hydrogen-bond donors (Lipinski definition) is 8. The van der Waals surface area contributed by atoms with Crippen LogP contribution in [0.4, 0.5) is 17.8 Å². The standard InChI is InChI=1S/C6H14O3.C4H8O3.C3H6N6.C3H8O3/c1-5(8)4-9-6(2)3-7;1-6-4(3-5)7-2;4-1-7-2(5)9-3(6)8-1;4-1-3(6)2-5/h5-8H,3-4H2,1-2H3;3-4H,1-2H3;(H6,4,5,6,7,8,9);3-6H,1-2H2. The molecule has 1 aromatic heterocycles. The van der Waals surface area contributed by atoms with Gasteiger partial charge in [-0.2, -0.15) is 15.0 Å². The lowest BCUT2D eigenvalue weighted by Gasteiger charge is -2.10. The van der Waals surface area contributed by atoms with Crippen LogP contribution in [0.25, 0.3) is 0 Å². The fourth-order valence-corrected chi connectivity index (χ4v) is 1.05. The number of nitrogens with two attached hydrogens (primary N) is 3. The van der Waals surface area contributed by atoms with Gasteiger partial charge in [0.2, 0.25) is 24.1 Å². The summed E-state index contributed by atoms with van der Waals surface area (Å²) in [6.07, 6.45) is -1.68. The summed E-state index contributed by atoms with van der Waals surface area (Å²) in [6, 6.07) is 0. The Morgan fingerprint density at radius 2 is 1.26 bits per heavy atom. The number of anilines is 3. The second kappa shape index (κ2) is 22.4. The van der Waals surface area contributed by atoms with Crippen molar-refractivity contribution in [2.24, 2.45) is 0 Å². The molecule has 0 fully saturated rings. The molecule has 2 atom stereocenters. The predicted molar refractivity (Wildman–Crippen MR) is 111 cm³/mol. The molecule has 0 aliphatic carbocycles. The van der Waals surface area contributed by atoms with Gasteiger partial charge in [-0.15, -0.1) is 0 Å². The number of nitrogens with zero attached hydrogens (tertiary/aromatic N) is 3. The number of aldehydes is 1. The quantitative estimate of drug-likeness (QED) is 0.132. The fraction of sp³-hybridized carbons (Fsp3) is 0.750. The zero-order chi connectivity index (χ0) is 24.8. The lowest BCUT2D eigenvalue weighted by atomic mass is 10.4. The smallest absolute Gasteiger partial charge is 0.226 e. The minimum absolute atomic E-state index is 0.00667. The molecule has 0 saturated heterocycles. The molecule has 0 spiro atoms. The second-order valence-corrected chi connectivity index (χ2v) is 5.58. The Balaban J connectivity index is -0.000000342. The predicted octanol–water partition coefficient (Wildman–Crippen LogP) is -3.48. The number of aromatic nitrogens is 3. The first-order chi connectivity index (χ1) is 14.5. The second-order valence-electron chi connectivity index (χ2n) is 5.58. The van der Waals surface area contributed by atoms with Gasteiger partial charge in [-0.05, 0) is 13.8 Å². The van der Waals surface area contributed by atoms with Crippen LogP contribution in [-0.4, -0.2) is 112 Å². The van der Waals surface area contributed by atoms with Crippen molar-refractivity contribution in [3.05, 3.63) is 0 Å². The molecule has 31 heavy (non-hydrogen) atoms. The maximum atomic E-state index is 9.72. The van der Waals surface area contributed by atoms with Crippen LogP contribution in [0.1, 0.15) is 13.8 Å². The molecule has 1 heterocycles. The van der Waals surface area contributed by atoms with Gasteiger partial charge in [0.15, 0.2) is 6.29 Å². The third-order valence-corrected chi connectivity index (χ3v) is 2.56. The van der Waals surface area contributed by atoms with E-state index in [0.29, 0.717) is 12.9 Å². The molecular formula is C16H36N6O9. The maximum Gasteiger partial charge on any atom is 0.226 e.